The third-order valence-electron chi connectivity index (χ3n) is 15.6. The van der Waals surface area contributed by atoms with Crippen molar-refractivity contribution in [3.8, 4) is 0 Å². The van der Waals surface area contributed by atoms with Crippen LogP contribution in [0.5, 0.6) is 0 Å². The van der Waals surface area contributed by atoms with Crippen LogP contribution in [-0.4, -0.2) is 140 Å². The van der Waals surface area contributed by atoms with Gasteiger partial charge in [0.2, 0.25) is 5.91 Å². The zero-order valence-corrected chi connectivity index (χ0v) is 48.7. The maximum Gasteiger partial charge on any atom is 0.220 e. The van der Waals surface area contributed by atoms with Gasteiger partial charge in [-0.2, -0.15) is 0 Å². The van der Waals surface area contributed by atoms with E-state index >= 15 is 0 Å². The van der Waals surface area contributed by atoms with Crippen LogP contribution in [0.15, 0.2) is 36.5 Å². The third-order valence-corrected chi connectivity index (χ3v) is 15.6. The molecule has 14 heteroatoms. The first-order chi connectivity index (χ1) is 37.6. The molecule has 0 bridgehead atoms. The molecule has 9 N–H and O–H groups in total. The van der Waals surface area contributed by atoms with Crippen LogP contribution in [0.25, 0.3) is 0 Å². The summed E-state index contributed by atoms with van der Waals surface area (Å²) in [6.45, 7) is 2.78. The Hall–Kier alpha value is -1.79. The fraction of sp³-hybridized carbons (Fsp3) is 0.889. The first-order valence-electron chi connectivity index (χ1n) is 31.7. The fourth-order valence-corrected chi connectivity index (χ4v) is 10.4. The second kappa shape index (κ2) is 48.9. The first kappa shape index (κ1) is 71.3. The van der Waals surface area contributed by atoms with Gasteiger partial charge in [-0.15, -0.1) is 0 Å². The molecule has 2 rings (SSSR count). The van der Waals surface area contributed by atoms with Gasteiger partial charge >= 0.3 is 0 Å². The zero-order chi connectivity index (χ0) is 56.0. The number of ether oxygens (including phenoxy) is 4. The second-order valence-electron chi connectivity index (χ2n) is 22.5. The second-order valence-corrected chi connectivity index (χ2v) is 22.5. The average Bonchev–Trinajstić information content (AvgIpc) is 3.44. The number of nitrogens with one attached hydrogen (secondary N) is 1. The molecule has 2 saturated heterocycles. The maximum absolute atomic E-state index is 13.3. The number of rotatable bonds is 51. The van der Waals surface area contributed by atoms with E-state index in [1.165, 1.54) is 186 Å². The smallest absolute Gasteiger partial charge is 0.220 e. The van der Waals surface area contributed by atoms with Gasteiger partial charge in [0, 0.05) is 6.42 Å². The SMILES string of the molecule is CCCCCCC/C=C/CC/C=C/CC/C=C/C(O)C(COC1OC(CO)C(OC2OC(CO)C(O)C(O)C2O)C(O)C1O)NC(=O)CCCCCCCCCCCCCCCCCCCCCCCCCCCCCC. The van der Waals surface area contributed by atoms with E-state index in [2.05, 4.69) is 43.5 Å². The average molecular weight is 1100 g/mol. The predicted molar refractivity (Wildman–Crippen MR) is 309 cm³/mol. The molecule has 0 aliphatic carbocycles. The number of allylic oxidation sites excluding steroid dienone is 5. The number of unbranched alkanes of at least 4 members (excludes halogenated alkanes) is 34. The minimum atomic E-state index is -1.79. The van der Waals surface area contributed by atoms with Gasteiger partial charge < -0.3 is 65.1 Å². The Bertz CT molecular complexity index is 1430. The van der Waals surface area contributed by atoms with Gasteiger partial charge in [-0.05, 0) is 44.9 Å². The van der Waals surface area contributed by atoms with Gasteiger partial charge in [0.25, 0.3) is 0 Å². The van der Waals surface area contributed by atoms with Crippen molar-refractivity contribution < 1.29 is 64.6 Å². The fourth-order valence-electron chi connectivity index (χ4n) is 10.4. The Morgan fingerprint density at radius 3 is 1.27 bits per heavy atom. The molecule has 0 aromatic rings. The number of hydrogen-bond acceptors (Lipinski definition) is 13. The monoisotopic (exact) mass is 1100 g/mol. The predicted octanol–water partition coefficient (Wildman–Crippen LogP) is 11.4. The van der Waals surface area contributed by atoms with Crippen LogP contribution in [0.1, 0.15) is 264 Å². The molecule has 14 nitrogen and oxygen atoms in total. The van der Waals surface area contributed by atoms with Gasteiger partial charge in [-0.1, -0.05) is 249 Å². The largest absolute Gasteiger partial charge is 0.394 e. The number of carbonyl (C=O) groups is 1. The molecule has 0 saturated carbocycles. The van der Waals surface area contributed by atoms with E-state index in [1.807, 2.05) is 6.08 Å². The Balaban J connectivity index is 1.69. The van der Waals surface area contributed by atoms with E-state index in [0.717, 1.165) is 44.9 Å². The van der Waals surface area contributed by atoms with Crippen LogP contribution >= 0.6 is 0 Å². The van der Waals surface area contributed by atoms with E-state index in [-0.39, 0.29) is 18.9 Å². The lowest BCUT2D eigenvalue weighted by Gasteiger charge is -2.46. The van der Waals surface area contributed by atoms with Gasteiger partial charge in [0.15, 0.2) is 12.6 Å². The Morgan fingerprint density at radius 1 is 0.455 bits per heavy atom. The molecule has 2 aliphatic heterocycles. The third kappa shape index (κ3) is 34.3. The van der Waals surface area contributed by atoms with Crippen LogP contribution in [0.2, 0.25) is 0 Å². The standard InChI is InChI=1S/C63H117NO13/c1-3-5-7-9-11-13-15-17-19-20-21-22-23-24-25-26-27-28-29-30-31-33-35-37-39-41-43-45-47-55(68)64-51(52(67)46-44-42-40-38-36-34-32-18-16-14-12-10-8-6-4-2)50-74-62-60(73)58(71)61(54(49-66)76-62)77-63-59(72)57(70)56(69)53(48-65)75-63/h16,18,36,38,44,46,51-54,56-63,65-67,69-73H,3-15,17,19-35,37,39-43,45,47-50H2,1-2H3,(H,64,68)/b18-16+,38-36+,46-44+. The molecular weight excluding hydrogens is 979 g/mol. The summed E-state index contributed by atoms with van der Waals surface area (Å²) in [6, 6.07) is -0.935. The van der Waals surface area contributed by atoms with E-state index in [1.54, 1.807) is 6.08 Å². The molecule has 12 unspecified atom stereocenters. The highest BCUT2D eigenvalue weighted by Gasteiger charge is 2.51. The minimum absolute atomic E-state index is 0.249. The quantitative estimate of drug-likeness (QED) is 0.0204. The summed E-state index contributed by atoms with van der Waals surface area (Å²) in [5, 5.41) is 87.1. The Kier molecular flexibility index (Phi) is 45.3. The van der Waals surface area contributed by atoms with Crippen molar-refractivity contribution in [3.63, 3.8) is 0 Å². The summed E-state index contributed by atoms with van der Waals surface area (Å²) in [6.07, 6.45) is 43.5. The Labute approximate surface area is 468 Å². The molecule has 452 valence electrons. The van der Waals surface area contributed by atoms with Crippen LogP contribution in [0.4, 0.5) is 0 Å². The molecule has 2 fully saturated rings. The molecule has 0 aromatic heterocycles. The number of hydrogen-bond donors (Lipinski definition) is 9. The van der Waals surface area contributed by atoms with E-state index in [4.69, 9.17) is 18.9 Å². The molecule has 0 aromatic carbocycles. The molecule has 77 heavy (non-hydrogen) atoms. The van der Waals surface area contributed by atoms with Gasteiger partial charge in [0.1, 0.15) is 48.8 Å². The first-order valence-corrected chi connectivity index (χ1v) is 31.7. The van der Waals surface area contributed by atoms with Crippen LogP contribution in [0.3, 0.4) is 0 Å². The normalized spacial score (nSPS) is 24.9. The molecule has 2 aliphatic rings. The highest BCUT2D eigenvalue weighted by molar-refractivity contribution is 5.76. The zero-order valence-electron chi connectivity index (χ0n) is 48.7. The van der Waals surface area contributed by atoms with Crippen LogP contribution in [0, 0.1) is 0 Å². The van der Waals surface area contributed by atoms with Crippen molar-refractivity contribution in [2.75, 3.05) is 19.8 Å². The van der Waals surface area contributed by atoms with Gasteiger partial charge in [-0.25, -0.2) is 0 Å². The summed E-state index contributed by atoms with van der Waals surface area (Å²) in [5.41, 5.74) is 0. The molecule has 0 spiro atoms. The number of aliphatic hydroxyl groups excluding tert-OH is 8. The van der Waals surface area contributed by atoms with Crippen molar-refractivity contribution in [3.05, 3.63) is 36.5 Å². The van der Waals surface area contributed by atoms with Crippen molar-refractivity contribution in [1.82, 2.24) is 5.32 Å². The van der Waals surface area contributed by atoms with Crippen molar-refractivity contribution >= 4 is 5.91 Å². The topological polar surface area (TPSA) is 228 Å². The highest BCUT2D eigenvalue weighted by Crippen LogP contribution is 2.30. The van der Waals surface area contributed by atoms with Crippen LogP contribution in [-0.2, 0) is 23.7 Å². The number of aliphatic hydroxyl groups is 8. The summed E-state index contributed by atoms with van der Waals surface area (Å²) < 4.78 is 22.8. The van der Waals surface area contributed by atoms with E-state index in [0.29, 0.717) is 12.8 Å². The van der Waals surface area contributed by atoms with Crippen LogP contribution < -0.4 is 5.32 Å². The van der Waals surface area contributed by atoms with Crippen molar-refractivity contribution in [1.29, 1.82) is 0 Å². The highest BCUT2D eigenvalue weighted by atomic mass is 16.7. The lowest BCUT2D eigenvalue weighted by atomic mass is 9.97. The Morgan fingerprint density at radius 2 is 0.831 bits per heavy atom. The summed E-state index contributed by atoms with van der Waals surface area (Å²) >= 11 is 0. The molecule has 1 amide bonds. The molecule has 12 atom stereocenters. The summed E-state index contributed by atoms with van der Waals surface area (Å²) in [5.74, 6) is -0.249. The molecule has 0 radical (unpaired) electrons. The number of amides is 1. The van der Waals surface area contributed by atoms with Gasteiger partial charge in [0.05, 0.1) is 32.0 Å². The summed E-state index contributed by atoms with van der Waals surface area (Å²) in [4.78, 5) is 13.3. The molecule has 2 heterocycles. The van der Waals surface area contributed by atoms with Gasteiger partial charge in [-0.3, -0.25) is 4.79 Å². The van der Waals surface area contributed by atoms with Crippen molar-refractivity contribution in [2.24, 2.45) is 0 Å². The molecular formula is C63H117NO13. The van der Waals surface area contributed by atoms with Crippen molar-refractivity contribution in [2.45, 2.75) is 338 Å². The van der Waals surface area contributed by atoms with E-state index < -0.39 is 86.8 Å². The lowest BCUT2D eigenvalue weighted by Crippen LogP contribution is -2.65. The van der Waals surface area contributed by atoms with E-state index in [9.17, 15) is 45.6 Å². The number of carbonyl (C=O) groups excluding carboxylic acids is 1. The maximum atomic E-state index is 13.3. The minimum Gasteiger partial charge on any atom is -0.394 e. The lowest BCUT2D eigenvalue weighted by molar-refractivity contribution is -0.359. The summed E-state index contributed by atoms with van der Waals surface area (Å²) in [7, 11) is 0.